The third-order valence-electron chi connectivity index (χ3n) is 1.90. The van der Waals surface area contributed by atoms with Gasteiger partial charge in [0.15, 0.2) is 0 Å². The van der Waals surface area contributed by atoms with Crippen LogP contribution in [0.1, 0.15) is 0 Å². The molecule has 0 saturated carbocycles. The summed E-state index contributed by atoms with van der Waals surface area (Å²) < 4.78 is 25.8. The molecule has 0 aliphatic rings. The van der Waals surface area contributed by atoms with Crippen molar-refractivity contribution < 1.29 is 23.4 Å². The molecule has 0 aliphatic heterocycles. The standard InChI is InChI=1S/C9H10BrNO5S/c10-6-3-1-2-4-8(6)17(15,16)11-7(5-12)9(13)14/h1-4,7,11-12H,5H2,(H,13,14)/t7-/m0/s1. The highest BCUT2D eigenvalue weighted by Crippen LogP contribution is 2.21. The highest BCUT2D eigenvalue weighted by Gasteiger charge is 2.25. The first-order valence-electron chi connectivity index (χ1n) is 4.49. The second kappa shape index (κ2) is 5.58. The lowest BCUT2D eigenvalue weighted by atomic mass is 10.3. The third kappa shape index (κ3) is 3.50. The van der Waals surface area contributed by atoms with E-state index in [4.69, 9.17) is 10.2 Å². The minimum atomic E-state index is -3.98. The first kappa shape index (κ1) is 14.1. The summed E-state index contributed by atoms with van der Waals surface area (Å²) in [5.41, 5.74) is 0. The molecular formula is C9H10BrNO5S. The number of sulfonamides is 1. The van der Waals surface area contributed by atoms with Gasteiger partial charge >= 0.3 is 5.97 Å². The fourth-order valence-electron chi connectivity index (χ4n) is 1.08. The molecule has 1 atom stereocenters. The lowest BCUT2D eigenvalue weighted by Crippen LogP contribution is -2.43. The molecular weight excluding hydrogens is 314 g/mol. The largest absolute Gasteiger partial charge is 0.480 e. The number of carboxylic acids is 1. The van der Waals surface area contributed by atoms with Crippen molar-refractivity contribution in [3.8, 4) is 0 Å². The van der Waals surface area contributed by atoms with Crippen molar-refractivity contribution in [3.05, 3.63) is 28.7 Å². The minimum Gasteiger partial charge on any atom is -0.480 e. The molecule has 0 amide bonds. The van der Waals surface area contributed by atoms with Gasteiger partial charge in [-0.05, 0) is 28.1 Å². The minimum absolute atomic E-state index is 0.0836. The molecule has 0 saturated heterocycles. The number of carbonyl (C=O) groups is 1. The molecule has 0 aliphatic carbocycles. The topological polar surface area (TPSA) is 104 Å². The smallest absolute Gasteiger partial charge is 0.324 e. The van der Waals surface area contributed by atoms with E-state index in [1.165, 1.54) is 18.2 Å². The Labute approximate surface area is 106 Å². The Morgan fingerprint density at radius 1 is 1.41 bits per heavy atom. The number of aliphatic carboxylic acids is 1. The van der Waals surface area contributed by atoms with E-state index in [1.54, 1.807) is 6.07 Å². The maximum absolute atomic E-state index is 11.8. The Morgan fingerprint density at radius 3 is 2.47 bits per heavy atom. The van der Waals surface area contributed by atoms with Gasteiger partial charge in [0, 0.05) is 4.47 Å². The summed E-state index contributed by atoms with van der Waals surface area (Å²) in [7, 11) is -3.98. The van der Waals surface area contributed by atoms with E-state index in [0.717, 1.165) is 0 Å². The van der Waals surface area contributed by atoms with Gasteiger partial charge in [-0.25, -0.2) is 8.42 Å². The second-order valence-corrected chi connectivity index (χ2v) is 5.66. The van der Waals surface area contributed by atoms with E-state index in [2.05, 4.69) is 15.9 Å². The number of benzene rings is 1. The number of rotatable bonds is 5. The molecule has 8 heteroatoms. The van der Waals surface area contributed by atoms with Gasteiger partial charge in [0.1, 0.15) is 6.04 Å². The van der Waals surface area contributed by atoms with Gasteiger partial charge in [0.05, 0.1) is 11.5 Å². The van der Waals surface area contributed by atoms with Crippen molar-refractivity contribution in [2.75, 3.05) is 6.61 Å². The van der Waals surface area contributed by atoms with Gasteiger partial charge in [-0.15, -0.1) is 0 Å². The molecule has 94 valence electrons. The Morgan fingerprint density at radius 2 is 2.00 bits per heavy atom. The van der Waals surface area contributed by atoms with Crippen LogP contribution in [0.2, 0.25) is 0 Å². The molecule has 0 bridgehead atoms. The van der Waals surface area contributed by atoms with Crippen LogP contribution in [0.15, 0.2) is 33.6 Å². The quantitative estimate of drug-likeness (QED) is 0.716. The average molecular weight is 324 g/mol. The van der Waals surface area contributed by atoms with Gasteiger partial charge < -0.3 is 10.2 Å². The number of hydrogen-bond acceptors (Lipinski definition) is 4. The Bertz CT molecular complexity index is 516. The zero-order valence-corrected chi connectivity index (χ0v) is 10.9. The van der Waals surface area contributed by atoms with E-state index < -0.39 is 28.6 Å². The molecule has 3 N–H and O–H groups in total. The molecule has 0 unspecified atom stereocenters. The maximum atomic E-state index is 11.8. The average Bonchev–Trinajstić information content (AvgIpc) is 2.26. The molecule has 0 fully saturated rings. The second-order valence-electron chi connectivity index (χ2n) is 3.13. The van der Waals surface area contributed by atoms with E-state index in [1.807, 2.05) is 4.72 Å². The van der Waals surface area contributed by atoms with Gasteiger partial charge in [-0.3, -0.25) is 4.79 Å². The molecule has 0 spiro atoms. The summed E-state index contributed by atoms with van der Waals surface area (Å²) in [6.45, 7) is -0.820. The molecule has 1 rings (SSSR count). The summed E-state index contributed by atoms with van der Waals surface area (Å²) in [6, 6.07) is 4.41. The molecule has 0 radical (unpaired) electrons. The van der Waals surface area contributed by atoms with Gasteiger partial charge in [-0.1, -0.05) is 12.1 Å². The normalized spacial score (nSPS) is 13.3. The van der Waals surface area contributed by atoms with Crippen LogP contribution in [-0.2, 0) is 14.8 Å². The van der Waals surface area contributed by atoms with Crippen LogP contribution >= 0.6 is 15.9 Å². The first-order valence-corrected chi connectivity index (χ1v) is 6.76. The van der Waals surface area contributed by atoms with E-state index in [0.29, 0.717) is 4.47 Å². The third-order valence-corrected chi connectivity index (χ3v) is 4.39. The van der Waals surface area contributed by atoms with Crippen LogP contribution in [0, 0.1) is 0 Å². The van der Waals surface area contributed by atoms with Crippen molar-refractivity contribution in [3.63, 3.8) is 0 Å². The van der Waals surface area contributed by atoms with E-state index >= 15 is 0 Å². The number of hydrogen-bond donors (Lipinski definition) is 3. The van der Waals surface area contributed by atoms with Gasteiger partial charge in [0.25, 0.3) is 0 Å². The Kier molecular flexibility index (Phi) is 4.63. The number of nitrogens with one attached hydrogen (secondary N) is 1. The number of halogens is 1. The highest BCUT2D eigenvalue weighted by molar-refractivity contribution is 9.10. The maximum Gasteiger partial charge on any atom is 0.324 e. The van der Waals surface area contributed by atoms with Crippen molar-refractivity contribution in [1.29, 1.82) is 0 Å². The van der Waals surface area contributed by atoms with Crippen LogP contribution in [0.5, 0.6) is 0 Å². The van der Waals surface area contributed by atoms with Crippen LogP contribution in [0.3, 0.4) is 0 Å². The van der Waals surface area contributed by atoms with Crippen molar-refractivity contribution in [2.24, 2.45) is 0 Å². The van der Waals surface area contributed by atoms with Crippen molar-refractivity contribution >= 4 is 31.9 Å². The highest BCUT2D eigenvalue weighted by atomic mass is 79.9. The zero-order chi connectivity index (χ0) is 13.1. The molecule has 6 nitrogen and oxygen atoms in total. The van der Waals surface area contributed by atoms with Crippen LogP contribution in [0.25, 0.3) is 0 Å². The fraction of sp³-hybridized carbons (Fsp3) is 0.222. The summed E-state index contributed by atoms with van der Waals surface area (Å²) >= 11 is 3.05. The van der Waals surface area contributed by atoms with Crippen molar-refractivity contribution in [1.82, 2.24) is 4.72 Å². The van der Waals surface area contributed by atoms with E-state index in [-0.39, 0.29) is 4.90 Å². The van der Waals surface area contributed by atoms with Gasteiger partial charge in [-0.2, -0.15) is 4.72 Å². The van der Waals surface area contributed by atoms with Crippen LogP contribution in [-0.4, -0.2) is 37.2 Å². The Balaban J connectivity index is 3.05. The summed E-state index contributed by atoms with van der Waals surface area (Å²) in [5.74, 6) is -1.44. The molecule has 0 heterocycles. The predicted molar refractivity (Wildman–Crippen MR) is 63.0 cm³/mol. The lowest BCUT2D eigenvalue weighted by Gasteiger charge is -2.12. The molecule has 1 aromatic rings. The summed E-state index contributed by atoms with van der Waals surface area (Å²) in [5, 5.41) is 17.4. The van der Waals surface area contributed by atoms with Crippen LogP contribution in [0.4, 0.5) is 0 Å². The number of aliphatic hydroxyl groups excluding tert-OH is 1. The lowest BCUT2D eigenvalue weighted by molar-refractivity contribution is -0.139. The molecule has 0 aromatic heterocycles. The molecule has 17 heavy (non-hydrogen) atoms. The summed E-state index contributed by atoms with van der Waals surface area (Å²) in [4.78, 5) is 10.5. The summed E-state index contributed by atoms with van der Waals surface area (Å²) in [6.07, 6.45) is 0. The SMILES string of the molecule is O=C(O)[C@H](CO)NS(=O)(=O)c1ccccc1Br. The first-order chi connectivity index (χ1) is 7.88. The number of aliphatic hydroxyl groups is 1. The van der Waals surface area contributed by atoms with Crippen molar-refractivity contribution in [2.45, 2.75) is 10.9 Å². The predicted octanol–water partition coefficient (Wildman–Crippen LogP) is 0.173. The van der Waals surface area contributed by atoms with E-state index in [9.17, 15) is 13.2 Å². The molecule has 1 aromatic carbocycles. The van der Waals surface area contributed by atoms with Crippen LogP contribution < -0.4 is 4.72 Å². The number of carboxylic acid groups (broad SMARTS) is 1. The Hall–Kier alpha value is -0.960. The monoisotopic (exact) mass is 323 g/mol. The zero-order valence-electron chi connectivity index (χ0n) is 8.50. The fourth-order valence-corrected chi connectivity index (χ4v) is 3.26. The van der Waals surface area contributed by atoms with Gasteiger partial charge in [0.2, 0.25) is 10.0 Å².